The lowest BCUT2D eigenvalue weighted by Crippen LogP contribution is -2.14. The molecule has 0 fully saturated rings. The molecule has 0 atom stereocenters. The minimum absolute atomic E-state index is 0.222. The number of hydrogen-bond donors (Lipinski definition) is 0. The molecule has 5 heteroatoms. The maximum atomic E-state index is 11.8. The van der Waals surface area contributed by atoms with Crippen LogP contribution in [0.15, 0.2) is 0 Å². The van der Waals surface area contributed by atoms with Gasteiger partial charge in [0, 0.05) is 12.5 Å². The van der Waals surface area contributed by atoms with Crippen molar-refractivity contribution >= 4 is 5.97 Å². The average Bonchev–Trinajstić information content (AvgIpc) is 2.55. The lowest BCUT2D eigenvalue weighted by Gasteiger charge is -2.15. The Kier molecular flexibility index (Phi) is 3.56. The molecule has 17 heavy (non-hydrogen) atoms. The number of hydrogen-bond acceptors (Lipinski definition) is 4. The molecule has 0 saturated heterocycles. The minimum Gasteiger partial charge on any atom is -0.461 e. The number of carbonyl (C=O) groups is 1. The first-order valence-corrected chi connectivity index (χ1v) is 5.47. The monoisotopic (exact) mass is 235 g/mol. The predicted octanol–water partition coefficient (Wildman–Crippen LogP) is 1.77. The van der Waals surface area contributed by atoms with Gasteiger partial charge in [-0.15, -0.1) is 0 Å². The molecule has 0 aliphatic rings. The van der Waals surface area contributed by atoms with Crippen LogP contribution in [-0.4, -0.2) is 22.4 Å². The molecule has 0 unspecified atom stereocenters. The third-order valence-electron chi connectivity index (χ3n) is 2.34. The summed E-state index contributed by atoms with van der Waals surface area (Å²) in [6, 6.07) is 2.05. The SMILES string of the molecule is CCOC(=O)c1c(C#N)c(C(C)(C)C)nn1C. The fraction of sp³-hybridized carbons (Fsp3) is 0.583. The number of ether oxygens (including phenoxy) is 1. The van der Waals surface area contributed by atoms with Crippen molar-refractivity contribution in [1.82, 2.24) is 9.78 Å². The number of nitriles is 1. The van der Waals surface area contributed by atoms with Gasteiger partial charge < -0.3 is 4.74 Å². The van der Waals surface area contributed by atoms with Crippen LogP contribution in [0.2, 0.25) is 0 Å². The Balaban J connectivity index is 3.38. The molecule has 5 nitrogen and oxygen atoms in total. The Hall–Kier alpha value is -1.83. The smallest absolute Gasteiger partial charge is 0.357 e. The number of aromatic nitrogens is 2. The van der Waals surface area contributed by atoms with Gasteiger partial charge in [-0.3, -0.25) is 4.68 Å². The van der Waals surface area contributed by atoms with E-state index < -0.39 is 5.97 Å². The van der Waals surface area contributed by atoms with Crippen LogP contribution < -0.4 is 0 Å². The van der Waals surface area contributed by atoms with Crippen molar-refractivity contribution in [3.05, 3.63) is 17.0 Å². The van der Waals surface area contributed by atoms with Gasteiger partial charge in [0.2, 0.25) is 0 Å². The van der Waals surface area contributed by atoms with E-state index in [2.05, 4.69) is 5.10 Å². The number of rotatable bonds is 2. The van der Waals surface area contributed by atoms with Gasteiger partial charge in [-0.25, -0.2) is 4.79 Å². The molecule has 0 bridgehead atoms. The van der Waals surface area contributed by atoms with Crippen LogP contribution in [0, 0.1) is 11.3 Å². The second-order valence-electron chi connectivity index (χ2n) is 4.78. The number of carbonyl (C=O) groups excluding carboxylic acids is 1. The zero-order valence-corrected chi connectivity index (χ0v) is 10.9. The van der Waals surface area contributed by atoms with E-state index >= 15 is 0 Å². The van der Waals surface area contributed by atoms with Crippen LogP contribution in [0.5, 0.6) is 0 Å². The Labute approximate surface area is 101 Å². The van der Waals surface area contributed by atoms with Gasteiger partial charge in [0.1, 0.15) is 11.6 Å². The maximum Gasteiger partial charge on any atom is 0.357 e. The van der Waals surface area contributed by atoms with E-state index in [0.29, 0.717) is 11.3 Å². The first kappa shape index (κ1) is 13.2. The summed E-state index contributed by atoms with van der Waals surface area (Å²) in [5.74, 6) is -0.505. The molecular weight excluding hydrogens is 218 g/mol. The first-order valence-electron chi connectivity index (χ1n) is 5.47. The van der Waals surface area contributed by atoms with E-state index in [4.69, 9.17) is 4.74 Å². The third kappa shape index (κ3) is 2.47. The molecular formula is C12H17N3O2. The second kappa shape index (κ2) is 4.58. The molecule has 0 N–H and O–H groups in total. The van der Waals surface area contributed by atoms with Crippen molar-refractivity contribution in [3.63, 3.8) is 0 Å². The lowest BCUT2D eigenvalue weighted by atomic mass is 9.89. The topological polar surface area (TPSA) is 67.9 Å². The molecule has 0 amide bonds. The Morgan fingerprint density at radius 1 is 1.53 bits per heavy atom. The molecule has 1 rings (SSSR count). The molecule has 1 aromatic rings. The molecule has 0 aromatic carbocycles. The molecule has 0 aliphatic heterocycles. The standard InChI is InChI=1S/C12H17N3O2/c1-6-17-11(16)9-8(7-13)10(12(2,3)4)14-15(9)5/h6H2,1-5H3. The van der Waals surface area contributed by atoms with Crippen LogP contribution in [0.1, 0.15) is 49.4 Å². The van der Waals surface area contributed by atoms with E-state index in [1.807, 2.05) is 26.8 Å². The highest BCUT2D eigenvalue weighted by Gasteiger charge is 2.29. The summed E-state index contributed by atoms with van der Waals surface area (Å²) >= 11 is 0. The number of nitrogens with zero attached hydrogens (tertiary/aromatic N) is 3. The third-order valence-corrected chi connectivity index (χ3v) is 2.34. The average molecular weight is 235 g/mol. The fourth-order valence-electron chi connectivity index (χ4n) is 1.59. The van der Waals surface area contributed by atoms with Gasteiger partial charge in [0.15, 0.2) is 5.69 Å². The van der Waals surface area contributed by atoms with Crippen molar-refractivity contribution < 1.29 is 9.53 Å². The number of esters is 1. The van der Waals surface area contributed by atoms with Crippen LogP contribution in [0.4, 0.5) is 0 Å². The Morgan fingerprint density at radius 3 is 2.53 bits per heavy atom. The van der Waals surface area contributed by atoms with Crippen LogP contribution in [-0.2, 0) is 17.2 Å². The van der Waals surface area contributed by atoms with E-state index in [0.717, 1.165) is 0 Å². The summed E-state index contributed by atoms with van der Waals surface area (Å²) in [5, 5.41) is 13.4. The van der Waals surface area contributed by atoms with Gasteiger partial charge in [-0.1, -0.05) is 20.8 Å². The Bertz CT molecular complexity index is 475. The van der Waals surface area contributed by atoms with Gasteiger partial charge in [0.25, 0.3) is 0 Å². The summed E-state index contributed by atoms with van der Waals surface area (Å²) in [6.07, 6.45) is 0. The van der Waals surface area contributed by atoms with Crippen LogP contribution in [0.3, 0.4) is 0 Å². The summed E-state index contributed by atoms with van der Waals surface area (Å²) < 4.78 is 6.34. The van der Waals surface area contributed by atoms with Crippen LogP contribution in [0.25, 0.3) is 0 Å². The number of aryl methyl sites for hydroxylation is 1. The summed E-state index contributed by atoms with van der Waals surface area (Å²) in [5.41, 5.74) is 0.858. The van der Waals surface area contributed by atoms with Crippen molar-refractivity contribution in [3.8, 4) is 6.07 Å². The van der Waals surface area contributed by atoms with E-state index in [1.54, 1.807) is 14.0 Å². The minimum atomic E-state index is -0.505. The van der Waals surface area contributed by atoms with Gasteiger partial charge in [0.05, 0.1) is 12.3 Å². The largest absolute Gasteiger partial charge is 0.461 e. The quantitative estimate of drug-likeness (QED) is 0.732. The lowest BCUT2D eigenvalue weighted by molar-refractivity contribution is 0.0513. The van der Waals surface area contributed by atoms with E-state index in [1.165, 1.54) is 4.68 Å². The summed E-state index contributed by atoms with van der Waals surface area (Å²) in [6.45, 7) is 7.85. The highest BCUT2D eigenvalue weighted by atomic mass is 16.5. The molecule has 0 spiro atoms. The zero-order chi connectivity index (χ0) is 13.2. The van der Waals surface area contributed by atoms with Crippen molar-refractivity contribution in [2.45, 2.75) is 33.1 Å². The Morgan fingerprint density at radius 2 is 2.12 bits per heavy atom. The first-order chi connectivity index (χ1) is 7.82. The normalized spacial score (nSPS) is 11.1. The molecule has 0 saturated carbocycles. The molecule has 0 radical (unpaired) electrons. The van der Waals surface area contributed by atoms with Crippen molar-refractivity contribution in [2.75, 3.05) is 6.61 Å². The van der Waals surface area contributed by atoms with Crippen LogP contribution >= 0.6 is 0 Å². The van der Waals surface area contributed by atoms with Crippen molar-refractivity contribution in [1.29, 1.82) is 5.26 Å². The predicted molar refractivity (Wildman–Crippen MR) is 62.6 cm³/mol. The second-order valence-corrected chi connectivity index (χ2v) is 4.78. The maximum absolute atomic E-state index is 11.8. The fourth-order valence-corrected chi connectivity index (χ4v) is 1.59. The summed E-state index contributed by atoms with van der Waals surface area (Å²) in [4.78, 5) is 11.8. The molecule has 1 aromatic heterocycles. The molecule has 92 valence electrons. The molecule has 0 aliphatic carbocycles. The van der Waals surface area contributed by atoms with Gasteiger partial charge >= 0.3 is 5.97 Å². The van der Waals surface area contributed by atoms with Gasteiger partial charge in [-0.05, 0) is 6.92 Å². The summed E-state index contributed by atoms with van der Waals surface area (Å²) in [7, 11) is 1.64. The highest BCUT2D eigenvalue weighted by Crippen LogP contribution is 2.26. The van der Waals surface area contributed by atoms with E-state index in [9.17, 15) is 10.1 Å². The molecule has 1 heterocycles. The highest BCUT2D eigenvalue weighted by molar-refractivity contribution is 5.90. The van der Waals surface area contributed by atoms with Gasteiger partial charge in [-0.2, -0.15) is 10.4 Å². The van der Waals surface area contributed by atoms with Crippen molar-refractivity contribution in [2.24, 2.45) is 7.05 Å². The zero-order valence-electron chi connectivity index (χ0n) is 10.9. The van der Waals surface area contributed by atoms with E-state index in [-0.39, 0.29) is 17.7 Å².